The molecule has 3 heterocycles. The molecule has 2 aliphatic heterocycles. The largest absolute Gasteiger partial charge is 0.507 e. The van der Waals surface area contributed by atoms with Gasteiger partial charge in [0, 0.05) is 41.6 Å². The fourth-order valence-electron chi connectivity index (χ4n) is 3.69. The summed E-state index contributed by atoms with van der Waals surface area (Å²) in [7, 11) is 0. The molecular formula is C21H21ClN2O4S. The summed E-state index contributed by atoms with van der Waals surface area (Å²) in [5.74, 6) is -1.41. The Morgan fingerprint density at radius 3 is 2.52 bits per heavy atom. The average molecular weight is 433 g/mol. The van der Waals surface area contributed by atoms with Gasteiger partial charge in [0.05, 0.1) is 24.8 Å². The number of halogens is 1. The van der Waals surface area contributed by atoms with Gasteiger partial charge in [0.25, 0.3) is 11.7 Å². The fraction of sp³-hybridized carbons (Fsp3) is 0.333. The van der Waals surface area contributed by atoms with Gasteiger partial charge in [-0.05, 0) is 35.7 Å². The predicted molar refractivity (Wildman–Crippen MR) is 112 cm³/mol. The van der Waals surface area contributed by atoms with E-state index < -0.39 is 17.7 Å². The van der Waals surface area contributed by atoms with E-state index in [1.165, 1.54) is 11.3 Å². The normalized spacial score (nSPS) is 22.4. The molecule has 2 fully saturated rings. The quantitative estimate of drug-likeness (QED) is 0.446. The zero-order valence-corrected chi connectivity index (χ0v) is 17.3. The minimum absolute atomic E-state index is 0.127. The molecule has 2 aromatic rings. The predicted octanol–water partition coefficient (Wildman–Crippen LogP) is 3.16. The molecule has 1 N–H and O–H groups in total. The summed E-state index contributed by atoms with van der Waals surface area (Å²) < 4.78 is 5.37. The van der Waals surface area contributed by atoms with Crippen LogP contribution < -0.4 is 0 Å². The number of hydrogen-bond donors (Lipinski definition) is 1. The minimum Gasteiger partial charge on any atom is -0.507 e. The molecule has 2 aliphatic rings. The number of Topliss-reactive ketones (excluding diaryl/α,β-unsaturated/α-hetero) is 1. The fourth-order valence-corrected chi connectivity index (χ4v) is 4.66. The summed E-state index contributed by atoms with van der Waals surface area (Å²) >= 11 is 7.40. The van der Waals surface area contributed by atoms with Crippen LogP contribution in [-0.4, -0.2) is 66.0 Å². The van der Waals surface area contributed by atoms with Gasteiger partial charge in [0.1, 0.15) is 5.76 Å². The van der Waals surface area contributed by atoms with Crippen LogP contribution in [0, 0.1) is 0 Å². The van der Waals surface area contributed by atoms with Gasteiger partial charge < -0.3 is 14.7 Å². The number of carbonyl (C=O) groups excluding carboxylic acids is 2. The van der Waals surface area contributed by atoms with E-state index in [1.807, 2.05) is 17.5 Å². The first kappa shape index (κ1) is 20.1. The molecule has 152 valence electrons. The molecule has 4 rings (SSSR count). The lowest BCUT2D eigenvalue weighted by Crippen LogP contribution is -2.42. The van der Waals surface area contributed by atoms with Crippen LogP contribution in [0.3, 0.4) is 0 Å². The summed E-state index contributed by atoms with van der Waals surface area (Å²) in [6.07, 6.45) is 0. The number of aliphatic hydroxyl groups is 1. The lowest BCUT2D eigenvalue weighted by Gasteiger charge is -2.30. The van der Waals surface area contributed by atoms with Gasteiger partial charge in [-0.2, -0.15) is 0 Å². The number of morpholine rings is 1. The van der Waals surface area contributed by atoms with E-state index in [9.17, 15) is 14.7 Å². The topological polar surface area (TPSA) is 70.1 Å². The SMILES string of the molecule is O=C1C(=O)N(CCN2CCOCC2)[C@H](c2cccs2)/C1=C(\O)c1ccc(Cl)cc1. The van der Waals surface area contributed by atoms with Crippen molar-refractivity contribution in [3.63, 3.8) is 0 Å². The van der Waals surface area contributed by atoms with E-state index in [0.717, 1.165) is 18.0 Å². The Hall–Kier alpha value is -2.19. The first-order valence-electron chi connectivity index (χ1n) is 9.44. The maximum atomic E-state index is 12.9. The lowest BCUT2D eigenvalue weighted by atomic mass is 10.00. The Morgan fingerprint density at radius 2 is 1.86 bits per heavy atom. The first-order chi connectivity index (χ1) is 14.1. The van der Waals surface area contributed by atoms with Crippen molar-refractivity contribution in [1.29, 1.82) is 0 Å². The summed E-state index contributed by atoms with van der Waals surface area (Å²) in [5, 5.41) is 13.4. The molecular weight excluding hydrogens is 412 g/mol. The van der Waals surface area contributed by atoms with E-state index in [2.05, 4.69) is 4.90 Å². The molecule has 1 aromatic heterocycles. The Kier molecular flexibility index (Phi) is 6.01. The maximum absolute atomic E-state index is 12.9. The van der Waals surface area contributed by atoms with Crippen LogP contribution in [0.1, 0.15) is 16.5 Å². The number of ether oxygens (including phenoxy) is 1. The van der Waals surface area contributed by atoms with Crippen molar-refractivity contribution in [1.82, 2.24) is 9.80 Å². The Balaban J connectivity index is 1.68. The second-order valence-corrected chi connectivity index (χ2v) is 8.38. The van der Waals surface area contributed by atoms with Crippen molar-refractivity contribution in [2.24, 2.45) is 0 Å². The summed E-state index contributed by atoms with van der Waals surface area (Å²) in [6, 6.07) is 9.75. The molecule has 0 radical (unpaired) electrons. The number of nitrogens with zero attached hydrogens (tertiary/aromatic N) is 2. The van der Waals surface area contributed by atoms with Crippen LogP contribution >= 0.6 is 22.9 Å². The number of aliphatic hydroxyl groups excluding tert-OH is 1. The summed E-state index contributed by atoms with van der Waals surface area (Å²) in [6.45, 7) is 4.01. The van der Waals surface area contributed by atoms with Crippen LogP contribution in [0.25, 0.3) is 5.76 Å². The van der Waals surface area contributed by atoms with Crippen LogP contribution in [-0.2, 0) is 14.3 Å². The van der Waals surface area contributed by atoms with Crippen molar-refractivity contribution >= 4 is 40.4 Å². The van der Waals surface area contributed by atoms with Gasteiger partial charge in [-0.15, -0.1) is 11.3 Å². The number of thiophene rings is 1. The van der Waals surface area contributed by atoms with Crippen molar-refractivity contribution < 1.29 is 19.4 Å². The number of carbonyl (C=O) groups is 2. The summed E-state index contributed by atoms with van der Waals surface area (Å²) in [4.78, 5) is 30.4. The molecule has 0 unspecified atom stereocenters. The van der Waals surface area contributed by atoms with Crippen molar-refractivity contribution in [2.75, 3.05) is 39.4 Å². The van der Waals surface area contributed by atoms with Crippen molar-refractivity contribution in [3.05, 3.63) is 62.8 Å². The number of ketones is 1. The van der Waals surface area contributed by atoms with Crippen LogP contribution in [0.15, 0.2) is 47.4 Å². The zero-order chi connectivity index (χ0) is 20.4. The highest BCUT2D eigenvalue weighted by molar-refractivity contribution is 7.10. The second kappa shape index (κ2) is 8.67. The molecule has 8 heteroatoms. The maximum Gasteiger partial charge on any atom is 0.295 e. The molecule has 1 atom stereocenters. The first-order valence-corrected chi connectivity index (χ1v) is 10.7. The third-order valence-electron chi connectivity index (χ3n) is 5.23. The molecule has 0 spiro atoms. The minimum atomic E-state index is -0.655. The highest BCUT2D eigenvalue weighted by atomic mass is 35.5. The zero-order valence-electron chi connectivity index (χ0n) is 15.7. The standard InChI is InChI=1S/C21H21ClN2O4S/c22-15-5-3-14(4-6-15)19(25)17-18(16-2-1-13-29-16)24(21(27)20(17)26)8-7-23-9-11-28-12-10-23/h1-6,13,18,25H,7-12H2/b19-17+/t18-/m1/s1. The van der Waals surface area contributed by atoms with Gasteiger partial charge in [-0.25, -0.2) is 0 Å². The van der Waals surface area contributed by atoms with Crippen LogP contribution in [0.4, 0.5) is 0 Å². The highest BCUT2D eigenvalue weighted by Gasteiger charge is 2.46. The number of hydrogen-bond acceptors (Lipinski definition) is 6. The molecule has 0 aliphatic carbocycles. The third kappa shape index (κ3) is 4.09. The average Bonchev–Trinajstić information content (AvgIpc) is 3.35. The third-order valence-corrected chi connectivity index (χ3v) is 6.41. The Morgan fingerprint density at radius 1 is 1.14 bits per heavy atom. The molecule has 1 aromatic carbocycles. The molecule has 2 saturated heterocycles. The Bertz CT molecular complexity index is 921. The van der Waals surface area contributed by atoms with Crippen LogP contribution in [0.2, 0.25) is 5.02 Å². The lowest BCUT2D eigenvalue weighted by molar-refractivity contribution is -0.140. The monoisotopic (exact) mass is 432 g/mol. The number of amides is 1. The molecule has 1 amide bonds. The van der Waals surface area contributed by atoms with E-state index in [1.54, 1.807) is 29.2 Å². The second-order valence-electron chi connectivity index (χ2n) is 6.97. The van der Waals surface area contributed by atoms with Gasteiger partial charge in [0.2, 0.25) is 0 Å². The van der Waals surface area contributed by atoms with Crippen LogP contribution in [0.5, 0.6) is 0 Å². The van der Waals surface area contributed by atoms with Crippen molar-refractivity contribution in [2.45, 2.75) is 6.04 Å². The van der Waals surface area contributed by atoms with E-state index in [-0.39, 0.29) is 11.3 Å². The molecule has 6 nitrogen and oxygen atoms in total. The van der Waals surface area contributed by atoms with Gasteiger partial charge in [-0.1, -0.05) is 17.7 Å². The summed E-state index contributed by atoms with van der Waals surface area (Å²) in [5.41, 5.74) is 0.587. The smallest absolute Gasteiger partial charge is 0.295 e. The van der Waals surface area contributed by atoms with Gasteiger partial charge in [0.15, 0.2) is 0 Å². The van der Waals surface area contributed by atoms with Gasteiger partial charge >= 0.3 is 0 Å². The molecule has 0 bridgehead atoms. The molecule has 0 saturated carbocycles. The van der Waals surface area contributed by atoms with Gasteiger partial charge in [-0.3, -0.25) is 14.5 Å². The molecule has 29 heavy (non-hydrogen) atoms. The van der Waals surface area contributed by atoms with E-state index in [0.29, 0.717) is 36.9 Å². The van der Waals surface area contributed by atoms with Crippen molar-refractivity contribution in [3.8, 4) is 0 Å². The number of benzene rings is 1. The van der Waals surface area contributed by atoms with E-state index in [4.69, 9.17) is 16.3 Å². The van der Waals surface area contributed by atoms with E-state index >= 15 is 0 Å². The number of rotatable bonds is 5. The number of likely N-dealkylation sites (tertiary alicyclic amines) is 1. The Labute approximate surface area is 177 Å². The highest BCUT2D eigenvalue weighted by Crippen LogP contribution is 2.41.